The van der Waals surface area contributed by atoms with Crippen molar-refractivity contribution in [1.29, 1.82) is 0 Å². The molecule has 2 rings (SSSR count). The molecule has 1 unspecified atom stereocenters. The summed E-state index contributed by atoms with van der Waals surface area (Å²) in [4.78, 5) is 13.2. The molecule has 0 bridgehead atoms. The smallest absolute Gasteiger partial charge is 0.340 e. The lowest BCUT2D eigenvalue weighted by atomic mass is 10.1. The number of aromatic carboxylic acids is 1. The lowest BCUT2D eigenvalue weighted by Crippen LogP contribution is -2.32. The molecule has 1 saturated heterocycles. The zero-order chi connectivity index (χ0) is 14.8. The van der Waals surface area contributed by atoms with Crippen LogP contribution < -0.4 is 4.72 Å². The van der Waals surface area contributed by atoms with Crippen LogP contribution in [-0.2, 0) is 10.0 Å². The van der Waals surface area contributed by atoms with Crippen molar-refractivity contribution < 1.29 is 18.3 Å². The number of carbonyl (C=O) groups is 1. The molecule has 1 fully saturated rings. The topological polar surface area (TPSA) is 115 Å². The van der Waals surface area contributed by atoms with Crippen LogP contribution in [0.3, 0.4) is 0 Å². The minimum atomic E-state index is -3.87. The molecule has 3 N–H and O–H groups in total. The van der Waals surface area contributed by atoms with Crippen LogP contribution in [0, 0.1) is 5.92 Å². The summed E-state index contributed by atoms with van der Waals surface area (Å²) in [5, 5.41) is 14.2. The van der Waals surface area contributed by atoms with E-state index in [-0.39, 0.29) is 11.5 Å². The maximum absolute atomic E-state index is 12.1. The summed E-state index contributed by atoms with van der Waals surface area (Å²) in [5.74, 6) is -1.07. The SMILES string of the molecule is CCN1CCC(CNS(=O)(=O)c2[nH]ncc2C(=O)O)C1. The number of H-pyrrole nitrogens is 1. The van der Waals surface area contributed by atoms with Gasteiger partial charge in [-0.2, -0.15) is 5.10 Å². The summed E-state index contributed by atoms with van der Waals surface area (Å²) in [6, 6.07) is 0. The normalized spacial score (nSPS) is 20.4. The molecule has 1 atom stereocenters. The van der Waals surface area contributed by atoms with Crippen molar-refractivity contribution in [2.24, 2.45) is 5.92 Å². The first kappa shape index (κ1) is 14.9. The minimum Gasteiger partial charge on any atom is -0.478 e. The van der Waals surface area contributed by atoms with Crippen molar-refractivity contribution in [3.8, 4) is 0 Å². The first-order valence-corrected chi connectivity index (χ1v) is 7.91. The molecule has 0 aliphatic carbocycles. The number of aromatic amines is 1. The molecule has 1 aliphatic rings. The van der Waals surface area contributed by atoms with Gasteiger partial charge in [-0.15, -0.1) is 0 Å². The van der Waals surface area contributed by atoms with Gasteiger partial charge in [-0.05, 0) is 25.4 Å². The molecule has 1 aromatic heterocycles. The number of likely N-dealkylation sites (tertiary alicyclic amines) is 1. The zero-order valence-electron chi connectivity index (χ0n) is 11.2. The average Bonchev–Trinajstić information content (AvgIpc) is 3.05. The molecule has 20 heavy (non-hydrogen) atoms. The van der Waals surface area contributed by atoms with Crippen LogP contribution >= 0.6 is 0 Å². The lowest BCUT2D eigenvalue weighted by Gasteiger charge is -2.13. The van der Waals surface area contributed by atoms with Crippen LogP contribution in [0.1, 0.15) is 23.7 Å². The maximum Gasteiger partial charge on any atom is 0.340 e. The van der Waals surface area contributed by atoms with Crippen LogP contribution in [0.2, 0.25) is 0 Å². The van der Waals surface area contributed by atoms with Gasteiger partial charge in [-0.1, -0.05) is 6.92 Å². The van der Waals surface area contributed by atoms with Crippen molar-refractivity contribution in [3.63, 3.8) is 0 Å². The number of hydrogen-bond acceptors (Lipinski definition) is 5. The highest BCUT2D eigenvalue weighted by molar-refractivity contribution is 7.89. The van der Waals surface area contributed by atoms with Crippen LogP contribution in [0.25, 0.3) is 0 Å². The Morgan fingerprint density at radius 1 is 1.65 bits per heavy atom. The fourth-order valence-electron chi connectivity index (χ4n) is 2.30. The fraction of sp³-hybridized carbons (Fsp3) is 0.636. The number of aromatic nitrogens is 2. The number of nitrogens with zero attached hydrogens (tertiary/aromatic N) is 2. The summed E-state index contributed by atoms with van der Waals surface area (Å²) in [6.45, 7) is 5.14. The second kappa shape index (κ2) is 5.90. The highest BCUT2D eigenvalue weighted by Crippen LogP contribution is 2.16. The molecule has 1 aliphatic heterocycles. The molecule has 2 heterocycles. The van der Waals surface area contributed by atoms with Gasteiger partial charge in [0, 0.05) is 13.1 Å². The molecule has 0 aromatic carbocycles. The molecule has 8 nitrogen and oxygen atoms in total. The summed E-state index contributed by atoms with van der Waals surface area (Å²) >= 11 is 0. The Balaban J connectivity index is 2.01. The van der Waals surface area contributed by atoms with Gasteiger partial charge < -0.3 is 10.0 Å². The van der Waals surface area contributed by atoms with E-state index < -0.39 is 21.0 Å². The third-order valence-electron chi connectivity index (χ3n) is 3.48. The number of rotatable bonds is 6. The van der Waals surface area contributed by atoms with Gasteiger partial charge in [0.05, 0.1) is 6.20 Å². The van der Waals surface area contributed by atoms with Crippen LogP contribution in [0.5, 0.6) is 0 Å². The Hall–Kier alpha value is -1.45. The zero-order valence-corrected chi connectivity index (χ0v) is 12.0. The third-order valence-corrected chi connectivity index (χ3v) is 4.88. The fourth-order valence-corrected chi connectivity index (χ4v) is 3.50. The highest BCUT2D eigenvalue weighted by Gasteiger charge is 2.27. The molecule has 9 heteroatoms. The van der Waals surface area contributed by atoms with E-state index >= 15 is 0 Å². The Kier molecular flexibility index (Phi) is 4.41. The van der Waals surface area contributed by atoms with Gasteiger partial charge in [-0.25, -0.2) is 17.9 Å². The molecule has 0 amide bonds. The minimum absolute atomic E-state index is 0.251. The standard InChI is InChI=1S/C11H18N4O4S/c1-2-15-4-3-8(7-15)5-13-20(18,19)10-9(11(16)17)6-12-14-10/h6,8,13H,2-5,7H2,1H3,(H,12,14)(H,16,17). The van der Waals surface area contributed by atoms with E-state index in [9.17, 15) is 13.2 Å². The lowest BCUT2D eigenvalue weighted by molar-refractivity contribution is 0.0692. The predicted octanol–water partition coefficient (Wildman–Crippen LogP) is -0.272. The first-order chi connectivity index (χ1) is 9.44. The Bertz CT molecular complexity index is 583. The third kappa shape index (κ3) is 3.17. The van der Waals surface area contributed by atoms with E-state index in [1.807, 2.05) is 0 Å². The molecule has 0 radical (unpaired) electrons. The number of nitrogens with one attached hydrogen (secondary N) is 2. The van der Waals surface area contributed by atoms with E-state index in [0.717, 1.165) is 32.3 Å². The number of carboxylic acid groups (broad SMARTS) is 1. The van der Waals surface area contributed by atoms with Gasteiger partial charge in [0.2, 0.25) is 0 Å². The number of hydrogen-bond donors (Lipinski definition) is 3. The van der Waals surface area contributed by atoms with Crippen LogP contribution in [0.15, 0.2) is 11.2 Å². The number of carboxylic acids is 1. The van der Waals surface area contributed by atoms with E-state index in [1.165, 1.54) is 0 Å². The van der Waals surface area contributed by atoms with Gasteiger partial charge in [-0.3, -0.25) is 5.10 Å². The van der Waals surface area contributed by atoms with Gasteiger partial charge in [0.25, 0.3) is 10.0 Å². The quantitative estimate of drug-likeness (QED) is 0.666. The van der Waals surface area contributed by atoms with Crippen molar-refractivity contribution >= 4 is 16.0 Å². The molecule has 1 aromatic rings. The van der Waals surface area contributed by atoms with Gasteiger partial charge >= 0.3 is 5.97 Å². The summed E-state index contributed by atoms with van der Waals surface area (Å²) in [6.07, 6.45) is 1.93. The van der Waals surface area contributed by atoms with Crippen molar-refractivity contribution in [1.82, 2.24) is 19.8 Å². The van der Waals surface area contributed by atoms with Crippen LogP contribution in [0.4, 0.5) is 0 Å². The average molecular weight is 302 g/mol. The Morgan fingerprint density at radius 3 is 3.00 bits per heavy atom. The van der Waals surface area contributed by atoms with Gasteiger partial charge in [0.15, 0.2) is 5.03 Å². The highest BCUT2D eigenvalue weighted by atomic mass is 32.2. The maximum atomic E-state index is 12.1. The second-order valence-electron chi connectivity index (χ2n) is 4.82. The summed E-state index contributed by atoms with van der Waals surface area (Å²) in [5.41, 5.74) is -0.348. The summed E-state index contributed by atoms with van der Waals surface area (Å²) < 4.78 is 26.6. The van der Waals surface area contributed by atoms with Crippen molar-refractivity contribution in [2.75, 3.05) is 26.2 Å². The predicted molar refractivity (Wildman–Crippen MR) is 71.0 cm³/mol. The van der Waals surface area contributed by atoms with Crippen molar-refractivity contribution in [2.45, 2.75) is 18.4 Å². The second-order valence-corrected chi connectivity index (χ2v) is 6.52. The molecular formula is C11H18N4O4S. The monoisotopic (exact) mass is 302 g/mol. The summed E-state index contributed by atoms with van der Waals surface area (Å²) in [7, 11) is -3.87. The van der Waals surface area contributed by atoms with Crippen molar-refractivity contribution in [3.05, 3.63) is 11.8 Å². The Morgan fingerprint density at radius 2 is 2.40 bits per heavy atom. The molecular weight excluding hydrogens is 284 g/mol. The molecule has 0 spiro atoms. The van der Waals surface area contributed by atoms with Gasteiger partial charge in [0.1, 0.15) is 5.56 Å². The largest absolute Gasteiger partial charge is 0.478 e. The Labute approximate surface area is 117 Å². The van der Waals surface area contributed by atoms with E-state index in [1.54, 1.807) is 0 Å². The first-order valence-electron chi connectivity index (χ1n) is 6.42. The number of sulfonamides is 1. The molecule has 0 saturated carbocycles. The van der Waals surface area contributed by atoms with E-state index in [2.05, 4.69) is 26.7 Å². The van der Waals surface area contributed by atoms with E-state index in [0.29, 0.717) is 6.54 Å². The van der Waals surface area contributed by atoms with Crippen LogP contribution in [-0.4, -0.2) is 60.8 Å². The molecule has 112 valence electrons. The van der Waals surface area contributed by atoms with E-state index in [4.69, 9.17) is 5.11 Å².